The molecule has 0 unspecified atom stereocenters. The zero-order valence-electron chi connectivity index (χ0n) is 13.2. The second kappa shape index (κ2) is 11.0. The fraction of sp³-hybridized carbons (Fsp3) is 0.562. The Kier molecular flexibility index (Phi) is 9.04. The standard InChI is InChI=1S/C16H27N3O2/c1-4-5-6-11-19(3)16(17-2)18-10-8-12-20-14-15-9-7-13-21-15/h4,7,9,13H,1,5-6,8,10-12,14H2,2-3H3,(H,17,18). The summed E-state index contributed by atoms with van der Waals surface area (Å²) in [5, 5.41) is 3.34. The molecule has 0 saturated heterocycles. The molecule has 0 spiro atoms. The lowest BCUT2D eigenvalue weighted by atomic mass is 10.3. The lowest BCUT2D eigenvalue weighted by Gasteiger charge is -2.21. The molecule has 1 N–H and O–H groups in total. The van der Waals surface area contributed by atoms with Gasteiger partial charge in [0.15, 0.2) is 5.96 Å². The smallest absolute Gasteiger partial charge is 0.193 e. The highest BCUT2D eigenvalue weighted by molar-refractivity contribution is 5.79. The number of guanidine groups is 1. The molecule has 1 heterocycles. The largest absolute Gasteiger partial charge is 0.467 e. The second-order valence-electron chi connectivity index (χ2n) is 4.81. The molecule has 0 aliphatic heterocycles. The van der Waals surface area contributed by atoms with Crippen LogP contribution in [0, 0.1) is 0 Å². The third-order valence-electron chi connectivity index (χ3n) is 3.05. The van der Waals surface area contributed by atoms with Crippen molar-refractivity contribution in [1.29, 1.82) is 0 Å². The zero-order valence-corrected chi connectivity index (χ0v) is 13.2. The van der Waals surface area contributed by atoms with E-state index >= 15 is 0 Å². The highest BCUT2D eigenvalue weighted by Gasteiger charge is 2.04. The summed E-state index contributed by atoms with van der Waals surface area (Å²) in [6, 6.07) is 3.78. The number of ether oxygens (including phenoxy) is 1. The van der Waals surface area contributed by atoms with Crippen molar-refractivity contribution < 1.29 is 9.15 Å². The summed E-state index contributed by atoms with van der Waals surface area (Å²) < 4.78 is 10.7. The highest BCUT2D eigenvalue weighted by atomic mass is 16.5. The van der Waals surface area contributed by atoms with Crippen LogP contribution < -0.4 is 5.32 Å². The molecule has 0 aromatic carbocycles. The Morgan fingerprint density at radius 3 is 3.05 bits per heavy atom. The van der Waals surface area contributed by atoms with Gasteiger partial charge in [0.25, 0.3) is 0 Å². The number of hydrogen-bond donors (Lipinski definition) is 1. The Bertz CT molecular complexity index is 402. The number of rotatable bonds is 10. The summed E-state index contributed by atoms with van der Waals surface area (Å²) >= 11 is 0. The van der Waals surface area contributed by atoms with E-state index < -0.39 is 0 Å². The zero-order chi connectivity index (χ0) is 15.3. The molecule has 5 heteroatoms. The normalized spacial score (nSPS) is 11.4. The number of allylic oxidation sites excluding steroid dienone is 1. The first kappa shape index (κ1) is 17.3. The number of furan rings is 1. The molecule has 0 radical (unpaired) electrons. The first-order valence-electron chi connectivity index (χ1n) is 7.40. The van der Waals surface area contributed by atoms with Crippen molar-refractivity contribution in [2.45, 2.75) is 25.9 Å². The maximum absolute atomic E-state index is 5.54. The van der Waals surface area contributed by atoms with E-state index in [2.05, 4.69) is 21.8 Å². The Hall–Kier alpha value is -1.75. The van der Waals surface area contributed by atoms with Crippen molar-refractivity contribution >= 4 is 5.96 Å². The van der Waals surface area contributed by atoms with Gasteiger partial charge in [-0.1, -0.05) is 6.08 Å². The van der Waals surface area contributed by atoms with E-state index in [1.807, 2.05) is 25.3 Å². The topological polar surface area (TPSA) is 50.0 Å². The van der Waals surface area contributed by atoms with Crippen molar-refractivity contribution in [1.82, 2.24) is 10.2 Å². The minimum atomic E-state index is 0.531. The van der Waals surface area contributed by atoms with Crippen LogP contribution in [0.1, 0.15) is 25.0 Å². The quantitative estimate of drug-likeness (QED) is 0.312. The van der Waals surface area contributed by atoms with Crippen LogP contribution in [0.5, 0.6) is 0 Å². The predicted molar refractivity (Wildman–Crippen MR) is 86.4 cm³/mol. The van der Waals surface area contributed by atoms with Crippen molar-refractivity contribution in [2.24, 2.45) is 4.99 Å². The predicted octanol–water partition coefficient (Wildman–Crippen LogP) is 2.66. The SMILES string of the molecule is C=CCCCN(C)C(=NC)NCCCOCc1ccco1. The van der Waals surface area contributed by atoms with E-state index in [0.29, 0.717) is 13.2 Å². The van der Waals surface area contributed by atoms with Crippen molar-refractivity contribution in [2.75, 3.05) is 33.8 Å². The molecule has 21 heavy (non-hydrogen) atoms. The van der Waals surface area contributed by atoms with Crippen LogP contribution in [0.4, 0.5) is 0 Å². The van der Waals surface area contributed by atoms with Gasteiger partial charge in [0, 0.05) is 33.8 Å². The van der Waals surface area contributed by atoms with E-state index in [-0.39, 0.29) is 0 Å². The van der Waals surface area contributed by atoms with Gasteiger partial charge in [-0.3, -0.25) is 4.99 Å². The van der Waals surface area contributed by atoms with Crippen molar-refractivity contribution in [3.8, 4) is 0 Å². The Morgan fingerprint density at radius 2 is 2.38 bits per heavy atom. The van der Waals surface area contributed by atoms with Crippen LogP contribution in [0.2, 0.25) is 0 Å². The van der Waals surface area contributed by atoms with Gasteiger partial charge in [0.2, 0.25) is 0 Å². The lowest BCUT2D eigenvalue weighted by molar-refractivity contribution is 0.104. The lowest BCUT2D eigenvalue weighted by Crippen LogP contribution is -2.40. The summed E-state index contributed by atoms with van der Waals surface area (Å²) in [7, 11) is 3.85. The first-order valence-corrected chi connectivity index (χ1v) is 7.40. The molecular formula is C16H27N3O2. The van der Waals surface area contributed by atoms with E-state index in [1.54, 1.807) is 13.3 Å². The summed E-state index contributed by atoms with van der Waals surface area (Å²) in [6.45, 7) is 6.78. The van der Waals surface area contributed by atoms with Crippen molar-refractivity contribution in [3.05, 3.63) is 36.8 Å². The third-order valence-corrected chi connectivity index (χ3v) is 3.05. The molecule has 0 saturated carbocycles. The van der Waals surface area contributed by atoms with Gasteiger partial charge in [-0.2, -0.15) is 0 Å². The van der Waals surface area contributed by atoms with Gasteiger partial charge in [-0.25, -0.2) is 0 Å². The van der Waals surface area contributed by atoms with Crippen LogP contribution in [0.15, 0.2) is 40.5 Å². The third kappa shape index (κ3) is 7.56. The fourth-order valence-electron chi connectivity index (χ4n) is 1.91. The second-order valence-corrected chi connectivity index (χ2v) is 4.81. The van der Waals surface area contributed by atoms with Gasteiger partial charge in [-0.15, -0.1) is 6.58 Å². The van der Waals surface area contributed by atoms with Gasteiger partial charge in [0.05, 0.1) is 6.26 Å². The summed E-state index contributed by atoms with van der Waals surface area (Å²) in [5.41, 5.74) is 0. The Labute approximate surface area is 127 Å². The maximum Gasteiger partial charge on any atom is 0.193 e. The maximum atomic E-state index is 5.54. The Balaban J connectivity index is 2.07. The minimum Gasteiger partial charge on any atom is -0.467 e. The molecule has 0 aliphatic rings. The van der Waals surface area contributed by atoms with Crippen LogP contribution in [0.25, 0.3) is 0 Å². The molecule has 1 rings (SSSR count). The monoisotopic (exact) mass is 293 g/mol. The summed E-state index contributed by atoms with van der Waals surface area (Å²) in [4.78, 5) is 6.41. The van der Waals surface area contributed by atoms with Gasteiger partial charge in [0.1, 0.15) is 12.4 Å². The van der Waals surface area contributed by atoms with E-state index in [4.69, 9.17) is 9.15 Å². The first-order chi connectivity index (χ1) is 10.3. The molecule has 0 amide bonds. The van der Waals surface area contributed by atoms with E-state index in [1.165, 1.54) is 0 Å². The molecule has 5 nitrogen and oxygen atoms in total. The molecular weight excluding hydrogens is 266 g/mol. The molecule has 0 atom stereocenters. The highest BCUT2D eigenvalue weighted by Crippen LogP contribution is 2.01. The molecule has 118 valence electrons. The van der Waals surface area contributed by atoms with Crippen molar-refractivity contribution in [3.63, 3.8) is 0 Å². The minimum absolute atomic E-state index is 0.531. The van der Waals surface area contributed by atoms with Crippen LogP contribution in [0.3, 0.4) is 0 Å². The van der Waals surface area contributed by atoms with E-state index in [9.17, 15) is 0 Å². The molecule has 0 fully saturated rings. The van der Waals surface area contributed by atoms with Crippen LogP contribution in [-0.2, 0) is 11.3 Å². The molecule has 0 aliphatic carbocycles. The average molecular weight is 293 g/mol. The molecule has 0 bridgehead atoms. The summed E-state index contributed by atoms with van der Waals surface area (Å²) in [5.74, 6) is 1.78. The van der Waals surface area contributed by atoms with E-state index in [0.717, 1.165) is 44.1 Å². The number of nitrogens with zero attached hydrogens (tertiary/aromatic N) is 2. The molecule has 1 aromatic rings. The molecule has 1 aromatic heterocycles. The van der Waals surface area contributed by atoms with Gasteiger partial charge < -0.3 is 19.4 Å². The van der Waals surface area contributed by atoms with Crippen LogP contribution >= 0.6 is 0 Å². The van der Waals surface area contributed by atoms with Crippen LogP contribution in [-0.4, -0.2) is 44.7 Å². The number of unbranched alkanes of at least 4 members (excludes halogenated alkanes) is 1. The summed E-state index contributed by atoms with van der Waals surface area (Å²) in [6.07, 6.45) is 6.65. The Morgan fingerprint density at radius 1 is 1.52 bits per heavy atom. The van der Waals surface area contributed by atoms with Gasteiger partial charge >= 0.3 is 0 Å². The van der Waals surface area contributed by atoms with Gasteiger partial charge in [-0.05, 0) is 31.4 Å². The number of hydrogen-bond acceptors (Lipinski definition) is 3. The average Bonchev–Trinajstić information content (AvgIpc) is 3.00. The number of nitrogens with one attached hydrogen (secondary N) is 1. The fourth-order valence-corrected chi connectivity index (χ4v) is 1.91. The number of aliphatic imine (C=N–C) groups is 1.